The Balaban J connectivity index is 2.47. The van der Waals surface area contributed by atoms with Gasteiger partial charge >= 0.3 is 0 Å². The van der Waals surface area contributed by atoms with Crippen LogP contribution in [0.3, 0.4) is 0 Å². The number of aromatic nitrogens is 1. The minimum atomic E-state index is -3.63. The van der Waals surface area contributed by atoms with E-state index in [4.69, 9.17) is 26.5 Å². The lowest BCUT2D eigenvalue weighted by Gasteiger charge is -2.39. The number of pyridine rings is 1. The molecule has 0 radical (unpaired) electrons. The summed E-state index contributed by atoms with van der Waals surface area (Å²) >= 11 is 0. The third kappa shape index (κ3) is 4.37. The second-order valence-electron chi connectivity index (χ2n) is 7.38. The number of methoxy groups -OCH3 is 2. The number of ether oxygens (including phenoxy) is 3. The molecule has 6 nitrogen and oxygen atoms in total. The van der Waals surface area contributed by atoms with Crippen LogP contribution in [0.15, 0.2) is 23.1 Å². The van der Waals surface area contributed by atoms with Crippen molar-refractivity contribution < 1.29 is 35.7 Å². The van der Waals surface area contributed by atoms with Crippen LogP contribution in [0.4, 0.5) is 4.39 Å². The van der Waals surface area contributed by atoms with E-state index in [1.807, 2.05) is 0 Å². The summed E-state index contributed by atoms with van der Waals surface area (Å²) in [6.07, 6.45) is 0.812. The summed E-state index contributed by atoms with van der Waals surface area (Å²) in [5, 5.41) is 0. The minimum Gasteiger partial charge on any atom is -0.493 e. The molecule has 0 unspecified atom stereocenters. The summed E-state index contributed by atoms with van der Waals surface area (Å²) in [5.41, 5.74) is -5.83. The molecule has 2 aromatic rings. The Morgan fingerprint density at radius 1 is 1.26 bits per heavy atom. The molecule has 1 atom stereocenters. The van der Waals surface area contributed by atoms with Gasteiger partial charge in [-0.05, 0) is 36.5 Å². The second kappa shape index (κ2) is 8.83. The Morgan fingerprint density at radius 3 is 2.61 bits per heavy atom. The summed E-state index contributed by atoms with van der Waals surface area (Å²) in [6.45, 7) is -9.37. The first-order chi connectivity index (χ1) is 18.3. The minimum absolute atomic E-state index is 0.0255. The highest BCUT2D eigenvalue weighted by molar-refractivity contribution is 5.94. The molecular weight excluding hydrogens is 401 g/mol. The molecule has 0 spiro atoms. The summed E-state index contributed by atoms with van der Waals surface area (Å²) in [5.74, 6) is -2.07. The van der Waals surface area contributed by atoms with Crippen LogP contribution in [-0.2, 0) is 11.2 Å². The normalized spacial score (nSPS) is 20.8. The van der Waals surface area contributed by atoms with Gasteiger partial charge in [0, 0.05) is 50.3 Å². The molecule has 168 valence electrons. The number of hydrogen-bond donors (Lipinski definition) is 0. The highest BCUT2D eigenvalue weighted by Crippen LogP contribution is 2.46. The second-order valence-corrected chi connectivity index (χ2v) is 7.38. The maximum Gasteiger partial charge on any atom is 0.228 e. The van der Waals surface area contributed by atoms with Crippen molar-refractivity contribution in [2.45, 2.75) is 46.4 Å². The first-order valence-corrected chi connectivity index (χ1v) is 9.63. The maximum absolute atomic E-state index is 15.9. The Bertz CT molecular complexity index is 1310. The van der Waals surface area contributed by atoms with Crippen LogP contribution < -0.4 is 14.9 Å². The van der Waals surface area contributed by atoms with Crippen molar-refractivity contribution in [3.63, 3.8) is 0 Å². The van der Waals surface area contributed by atoms with Gasteiger partial charge in [0.2, 0.25) is 5.43 Å². The SMILES string of the molecule is [2H]C([2H])([2H])C([C@@H]1Cc2cc(OCCCOC)c(OC)cc2-c2c(F)c(=O)c(C(C)=O)cn21)(C([2H])([2H])[2H])C([2H])([2H])[2H]. The molecule has 0 saturated heterocycles. The van der Waals surface area contributed by atoms with Gasteiger partial charge in [-0.2, -0.15) is 0 Å². The van der Waals surface area contributed by atoms with Crippen molar-refractivity contribution in [3.8, 4) is 22.8 Å². The van der Waals surface area contributed by atoms with Gasteiger partial charge in [0.15, 0.2) is 23.1 Å². The summed E-state index contributed by atoms with van der Waals surface area (Å²) in [7, 11) is 2.83. The lowest BCUT2D eigenvalue weighted by atomic mass is 9.78. The van der Waals surface area contributed by atoms with E-state index in [2.05, 4.69) is 0 Å². The van der Waals surface area contributed by atoms with Gasteiger partial charge in [-0.15, -0.1) is 0 Å². The summed E-state index contributed by atoms with van der Waals surface area (Å²) in [4.78, 5) is 25.1. The number of hydrogen-bond acceptors (Lipinski definition) is 5. The molecule has 1 aromatic carbocycles. The lowest BCUT2D eigenvalue weighted by molar-refractivity contribution is 0.101. The number of Topliss-reactive ketones (excluding diaryl/α,β-unsaturated/α-hetero) is 1. The van der Waals surface area contributed by atoms with Gasteiger partial charge in [-0.1, -0.05) is 20.6 Å². The maximum atomic E-state index is 15.9. The molecule has 0 saturated carbocycles. The van der Waals surface area contributed by atoms with Crippen LogP contribution in [0.25, 0.3) is 11.3 Å². The molecular formula is C24H30FNO5. The Labute approximate surface area is 194 Å². The van der Waals surface area contributed by atoms with E-state index >= 15 is 4.39 Å². The highest BCUT2D eigenvalue weighted by Gasteiger charge is 2.36. The number of halogens is 1. The lowest BCUT2D eigenvalue weighted by Crippen LogP contribution is -2.34. The quantitative estimate of drug-likeness (QED) is 0.471. The molecule has 0 amide bonds. The monoisotopic (exact) mass is 440 g/mol. The predicted octanol–water partition coefficient (Wildman–Crippen LogP) is 4.42. The zero-order valence-electron chi connectivity index (χ0n) is 26.5. The first-order valence-electron chi connectivity index (χ1n) is 14.1. The number of ketones is 1. The molecule has 31 heavy (non-hydrogen) atoms. The number of nitrogens with zero attached hydrogens (tertiary/aromatic N) is 1. The molecule has 2 heterocycles. The number of fused-ring (bicyclic) bond motifs is 3. The zero-order valence-corrected chi connectivity index (χ0v) is 17.5. The van der Waals surface area contributed by atoms with Crippen molar-refractivity contribution in [2.24, 2.45) is 5.41 Å². The first kappa shape index (κ1) is 13.7. The van der Waals surface area contributed by atoms with Crippen LogP contribution in [-0.4, -0.2) is 37.8 Å². The molecule has 1 aromatic heterocycles. The third-order valence-electron chi connectivity index (χ3n) is 5.20. The van der Waals surface area contributed by atoms with Crippen molar-refractivity contribution in [1.82, 2.24) is 4.57 Å². The van der Waals surface area contributed by atoms with Crippen molar-refractivity contribution in [2.75, 3.05) is 27.4 Å². The number of rotatable bonds is 7. The molecule has 3 rings (SSSR count). The van der Waals surface area contributed by atoms with E-state index in [1.165, 1.54) is 26.4 Å². The largest absolute Gasteiger partial charge is 0.493 e. The molecule has 0 aliphatic carbocycles. The average Bonchev–Trinajstić information content (AvgIpc) is 2.80. The van der Waals surface area contributed by atoms with Crippen molar-refractivity contribution in [3.05, 3.63) is 45.5 Å². The fraction of sp³-hybridized carbons (Fsp3) is 0.500. The van der Waals surface area contributed by atoms with E-state index in [0.29, 0.717) is 13.0 Å². The van der Waals surface area contributed by atoms with Gasteiger partial charge < -0.3 is 18.8 Å². The Morgan fingerprint density at radius 2 is 2.00 bits per heavy atom. The van der Waals surface area contributed by atoms with E-state index in [0.717, 1.165) is 17.7 Å². The van der Waals surface area contributed by atoms with Crippen molar-refractivity contribution >= 4 is 5.78 Å². The highest BCUT2D eigenvalue weighted by atomic mass is 19.1. The van der Waals surface area contributed by atoms with Crippen LogP contribution in [0.5, 0.6) is 11.5 Å². The predicted molar refractivity (Wildman–Crippen MR) is 117 cm³/mol. The summed E-state index contributed by atoms with van der Waals surface area (Å²) < 4.78 is 107. The molecule has 0 N–H and O–H groups in total. The Kier molecular flexibility index (Phi) is 3.90. The van der Waals surface area contributed by atoms with Crippen LogP contribution in [0, 0.1) is 11.2 Å². The van der Waals surface area contributed by atoms with E-state index in [1.54, 1.807) is 0 Å². The molecule has 1 aliphatic rings. The van der Waals surface area contributed by atoms with E-state index in [-0.39, 0.29) is 29.2 Å². The molecule has 0 fully saturated rings. The van der Waals surface area contributed by atoms with Gasteiger partial charge in [0.25, 0.3) is 0 Å². The molecule has 1 aliphatic heterocycles. The van der Waals surface area contributed by atoms with Gasteiger partial charge in [0.1, 0.15) is 0 Å². The van der Waals surface area contributed by atoms with Gasteiger partial charge in [-0.3, -0.25) is 9.59 Å². The van der Waals surface area contributed by atoms with Crippen molar-refractivity contribution in [1.29, 1.82) is 0 Å². The number of carbonyl (C=O) groups excluding carboxylic acids is 1. The molecule has 7 heteroatoms. The molecule has 0 bridgehead atoms. The van der Waals surface area contributed by atoms with Crippen LogP contribution >= 0.6 is 0 Å². The van der Waals surface area contributed by atoms with Crippen LogP contribution in [0.2, 0.25) is 0 Å². The Hall–Kier alpha value is -2.67. The smallest absolute Gasteiger partial charge is 0.228 e. The van der Waals surface area contributed by atoms with Crippen LogP contribution in [0.1, 0.15) is 68.2 Å². The van der Waals surface area contributed by atoms with E-state index in [9.17, 15) is 9.59 Å². The number of carbonyl (C=O) groups is 1. The topological polar surface area (TPSA) is 66.8 Å². The average molecular weight is 441 g/mol. The van der Waals surface area contributed by atoms with Gasteiger partial charge in [-0.25, -0.2) is 4.39 Å². The standard InChI is InChI=1S/C24H30FNO5/c1-14(27)17-13-26-20(24(2,3)4)11-15-10-19(31-9-7-8-29-5)18(30-6)12-16(15)22(26)21(25)23(17)28/h10,12-13,20H,7-9,11H2,1-6H3/t20-/m0/s1/i2D3,3D3,4D3. The fourth-order valence-electron chi connectivity index (χ4n) is 3.67. The third-order valence-corrected chi connectivity index (χ3v) is 5.20. The fourth-order valence-corrected chi connectivity index (χ4v) is 3.67. The van der Waals surface area contributed by atoms with E-state index < -0.39 is 66.7 Å². The zero-order chi connectivity index (χ0) is 30.4. The summed E-state index contributed by atoms with van der Waals surface area (Å²) in [6, 6.07) is 0.745. The van der Waals surface area contributed by atoms with Gasteiger partial charge in [0.05, 0.1) is 25.0 Å². The number of benzene rings is 1.